The second-order valence-electron chi connectivity index (χ2n) is 7.48. The van der Waals surface area contributed by atoms with Gasteiger partial charge in [0, 0.05) is 37.6 Å². The first kappa shape index (κ1) is 23.9. The highest BCUT2D eigenvalue weighted by Gasteiger charge is 2.31. The average Bonchev–Trinajstić information content (AvgIpc) is 2.75. The maximum absolute atomic E-state index is 12.9. The van der Waals surface area contributed by atoms with Gasteiger partial charge in [-0.2, -0.15) is 4.31 Å². The van der Waals surface area contributed by atoms with Gasteiger partial charge in [0.2, 0.25) is 15.9 Å². The van der Waals surface area contributed by atoms with E-state index in [0.717, 1.165) is 24.2 Å². The number of hydrogen-bond acceptors (Lipinski definition) is 4. The molecule has 9 heteroatoms. The predicted octanol–water partition coefficient (Wildman–Crippen LogP) is 4.38. The number of hydrogen-bond donors (Lipinski definition) is 0. The summed E-state index contributed by atoms with van der Waals surface area (Å²) < 4.78 is 32.8. The van der Waals surface area contributed by atoms with Gasteiger partial charge in [-0.05, 0) is 55.7 Å². The number of sulfonamides is 1. The van der Waals surface area contributed by atoms with Gasteiger partial charge in [0.15, 0.2) is 0 Å². The van der Waals surface area contributed by atoms with Crippen molar-refractivity contribution in [2.24, 2.45) is 0 Å². The molecule has 0 radical (unpaired) electrons. The van der Waals surface area contributed by atoms with Gasteiger partial charge >= 0.3 is 0 Å². The molecule has 1 fully saturated rings. The topological polar surface area (TPSA) is 66.9 Å². The molecule has 0 aromatic heterocycles. The molecule has 1 saturated heterocycles. The van der Waals surface area contributed by atoms with E-state index in [9.17, 15) is 13.2 Å². The summed E-state index contributed by atoms with van der Waals surface area (Å²) in [5.74, 6) is 0.872. The van der Waals surface area contributed by atoms with Crippen LogP contribution in [-0.4, -0.2) is 56.3 Å². The summed E-state index contributed by atoms with van der Waals surface area (Å²) in [5, 5.41) is 0.443. The maximum Gasteiger partial charge on any atom is 0.244 e. The Bertz CT molecular complexity index is 1020. The van der Waals surface area contributed by atoms with Crippen molar-refractivity contribution in [3.8, 4) is 5.75 Å². The van der Waals surface area contributed by atoms with Crippen molar-refractivity contribution in [1.29, 1.82) is 0 Å². The molecule has 0 atom stereocenters. The van der Waals surface area contributed by atoms with Crippen molar-refractivity contribution in [2.75, 3.05) is 32.8 Å². The molecule has 1 aliphatic heterocycles. The highest BCUT2D eigenvalue weighted by atomic mass is 35.5. The largest absolute Gasteiger partial charge is 0.494 e. The van der Waals surface area contributed by atoms with Crippen LogP contribution in [0.2, 0.25) is 10.0 Å². The summed E-state index contributed by atoms with van der Waals surface area (Å²) in [6.07, 6.45) is 1.92. The van der Waals surface area contributed by atoms with E-state index in [4.69, 9.17) is 27.9 Å². The van der Waals surface area contributed by atoms with Gasteiger partial charge in [0.05, 0.1) is 11.6 Å². The van der Waals surface area contributed by atoms with Gasteiger partial charge in [-0.15, -0.1) is 0 Å². The van der Waals surface area contributed by atoms with Crippen LogP contribution in [0.4, 0.5) is 0 Å². The first-order valence-corrected chi connectivity index (χ1v) is 12.4. The quantitative estimate of drug-likeness (QED) is 0.521. The van der Waals surface area contributed by atoms with E-state index in [1.54, 1.807) is 11.0 Å². The van der Waals surface area contributed by atoms with E-state index >= 15 is 0 Å². The van der Waals surface area contributed by atoms with Crippen molar-refractivity contribution in [2.45, 2.75) is 31.1 Å². The second-order valence-corrected chi connectivity index (χ2v) is 10.2. The minimum atomic E-state index is -3.76. The van der Waals surface area contributed by atoms with Gasteiger partial charge < -0.3 is 9.64 Å². The molecule has 3 rings (SSSR count). The van der Waals surface area contributed by atoms with E-state index < -0.39 is 10.0 Å². The molecule has 1 amide bonds. The van der Waals surface area contributed by atoms with Crippen LogP contribution in [0.25, 0.3) is 0 Å². The predicted molar refractivity (Wildman–Crippen MR) is 122 cm³/mol. The average molecular weight is 485 g/mol. The third-order valence-electron chi connectivity index (χ3n) is 5.15. The first-order chi connectivity index (χ1) is 14.8. The third kappa shape index (κ3) is 6.35. The highest BCUT2D eigenvalue weighted by molar-refractivity contribution is 7.89. The number of unbranched alkanes of at least 4 members (excludes halogenated alkanes) is 1. The lowest BCUT2D eigenvalue weighted by Gasteiger charge is -2.34. The fraction of sp³-hybridized carbons (Fsp3) is 0.409. The molecule has 2 aromatic carbocycles. The number of carbonyl (C=O) groups excluding carboxylic acids is 1. The van der Waals surface area contributed by atoms with E-state index in [2.05, 4.69) is 0 Å². The molecule has 0 aliphatic carbocycles. The Labute approximate surface area is 193 Å². The molecule has 0 spiro atoms. The van der Waals surface area contributed by atoms with E-state index in [0.29, 0.717) is 31.1 Å². The number of aryl methyl sites for hydroxylation is 1. The van der Waals surface area contributed by atoms with E-state index in [1.165, 1.54) is 16.4 Å². The summed E-state index contributed by atoms with van der Waals surface area (Å²) in [7, 11) is -3.76. The van der Waals surface area contributed by atoms with Crippen LogP contribution in [0.3, 0.4) is 0 Å². The van der Waals surface area contributed by atoms with Crippen LogP contribution in [0.15, 0.2) is 47.4 Å². The lowest BCUT2D eigenvalue weighted by Crippen LogP contribution is -2.50. The molecule has 6 nitrogen and oxygen atoms in total. The molecule has 1 heterocycles. The van der Waals surface area contributed by atoms with Crippen LogP contribution < -0.4 is 4.74 Å². The molecule has 0 unspecified atom stereocenters. The molecule has 0 N–H and O–H groups in total. The molecular formula is C22H26Cl2N2O4S. The van der Waals surface area contributed by atoms with Gasteiger partial charge in [-0.1, -0.05) is 35.3 Å². The standard InChI is InChI=1S/C22H26Cl2N2O4S/c1-17-5-4-6-19(15-17)30-14-3-2-7-22(27)25-10-12-26(13-11-25)31(28,29)21-16-18(23)8-9-20(21)24/h4-6,8-9,15-16H,2-3,7,10-14H2,1H3. The third-order valence-corrected chi connectivity index (χ3v) is 7.76. The Morgan fingerprint density at radius 2 is 1.77 bits per heavy atom. The first-order valence-electron chi connectivity index (χ1n) is 10.2. The maximum atomic E-state index is 12.9. The Kier molecular flexibility index (Phi) is 8.22. The Balaban J connectivity index is 1.42. The summed E-state index contributed by atoms with van der Waals surface area (Å²) in [5.41, 5.74) is 1.14. The molecule has 31 heavy (non-hydrogen) atoms. The van der Waals surface area contributed by atoms with Crippen molar-refractivity contribution >= 4 is 39.1 Å². The number of ether oxygens (including phenoxy) is 1. The van der Waals surface area contributed by atoms with Gasteiger partial charge in [0.25, 0.3) is 0 Å². The number of piperazine rings is 1. The zero-order chi connectivity index (χ0) is 22.4. The number of halogens is 2. The van der Waals surface area contributed by atoms with E-state index in [-0.39, 0.29) is 28.9 Å². The zero-order valence-electron chi connectivity index (χ0n) is 17.4. The number of benzene rings is 2. The number of rotatable bonds is 8. The number of amides is 1. The van der Waals surface area contributed by atoms with Crippen LogP contribution >= 0.6 is 23.2 Å². The summed E-state index contributed by atoms with van der Waals surface area (Å²) >= 11 is 12.0. The summed E-state index contributed by atoms with van der Waals surface area (Å²) in [6, 6.07) is 12.2. The number of nitrogens with zero attached hydrogens (tertiary/aromatic N) is 2. The minimum Gasteiger partial charge on any atom is -0.494 e. The van der Waals surface area contributed by atoms with Gasteiger partial charge in [-0.25, -0.2) is 8.42 Å². The van der Waals surface area contributed by atoms with Gasteiger partial charge in [0.1, 0.15) is 10.6 Å². The van der Waals surface area contributed by atoms with Crippen molar-refractivity contribution in [3.05, 3.63) is 58.1 Å². The van der Waals surface area contributed by atoms with Crippen molar-refractivity contribution < 1.29 is 17.9 Å². The van der Waals surface area contributed by atoms with Crippen LogP contribution in [0, 0.1) is 6.92 Å². The fourth-order valence-electron chi connectivity index (χ4n) is 3.42. The van der Waals surface area contributed by atoms with Crippen LogP contribution in [0.1, 0.15) is 24.8 Å². The Morgan fingerprint density at radius 3 is 2.48 bits per heavy atom. The van der Waals surface area contributed by atoms with Gasteiger partial charge in [-0.3, -0.25) is 4.79 Å². The second kappa shape index (κ2) is 10.7. The molecule has 168 valence electrons. The molecule has 2 aromatic rings. The Morgan fingerprint density at radius 1 is 1.03 bits per heavy atom. The fourth-order valence-corrected chi connectivity index (χ4v) is 5.58. The van der Waals surface area contributed by atoms with Crippen molar-refractivity contribution in [1.82, 2.24) is 9.21 Å². The number of carbonyl (C=O) groups is 1. The molecule has 0 saturated carbocycles. The zero-order valence-corrected chi connectivity index (χ0v) is 19.7. The monoisotopic (exact) mass is 484 g/mol. The van der Waals surface area contributed by atoms with E-state index in [1.807, 2.05) is 31.2 Å². The highest BCUT2D eigenvalue weighted by Crippen LogP contribution is 2.28. The summed E-state index contributed by atoms with van der Waals surface area (Å²) in [4.78, 5) is 14.2. The normalized spacial score (nSPS) is 15.1. The minimum absolute atomic E-state index is 0.00458. The van der Waals surface area contributed by atoms with Crippen LogP contribution in [-0.2, 0) is 14.8 Å². The smallest absolute Gasteiger partial charge is 0.244 e. The molecule has 0 bridgehead atoms. The lowest BCUT2D eigenvalue weighted by atomic mass is 10.2. The summed E-state index contributed by atoms with van der Waals surface area (Å²) in [6.45, 7) is 3.75. The Hall–Kier alpha value is -1.80. The SMILES string of the molecule is Cc1cccc(OCCCCC(=O)N2CCN(S(=O)(=O)c3cc(Cl)ccc3Cl)CC2)c1. The van der Waals surface area contributed by atoms with Crippen molar-refractivity contribution in [3.63, 3.8) is 0 Å². The molecular weight excluding hydrogens is 459 g/mol. The lowest BCUT2D eigenvalue weighted by molar-refractivity contribution is -0.132. The van der Waals surface area contributed by atoms with Crippen LogP contribution in [0.5, 0.6) is 5.75 Å². The molecule has 1 aliphatic rings.